The van der Waals surface area contributed by atoms with Crippen LogP contribution in [0.2, 0.25) is 0 Å². The molecular formula is C14H22F2N2O. The van der Waals surface area contributed by atoms with E-state index in [9.17, 15) is 8.78 Å². The summed E-state index contributed by atoms with van der Waals surface area (Å²) in [6, 6.07) is 2.56. The molecule has 5 heteroatoms. The first-order valence-electron chi connectivity index (χ1n) is 6.55. The lowest BCUT2D eigenvalue weighted by molar-refractivity contribution is 0.202. The molecule has 0 radical (unpaired) electrons. The third-order valence-electron chi connectivity index (χ3n) is 3.31. The molecule has 0 atom stereocenters. The molecule has 1 rings (SSSR count). The van der Waals surface area contributed by atoms with E-state index in [1.807, 2.05) is 13.8 Å². The van der Waals surface area contributed by atoms with Crippen LogP contribution in [0.3, 0.4) is 0 Å². The molecule has 0 aliphatic heterocycles. The molecule has 0 amide bonds. The first kappa shape index (κ1) is 15.7. The molecule has 2 N–H and O–H groups in total. The van der Waals surface area contributed by atoms with Gasteiger partial charge in [0.05, 0.1) is 18.0 Å². The summed E-state index contributed by atoms with van der Waals surface area (Å²) in [7, 11) is 1.58. The summed E-state index contributed by atoms with van der Waals surface area (Å²) in [5.41, 5.74) is 6.22. The van der Waals surface area contributed by atoms with Crippen LogP contribution in [0.25, 0.3) is 0 Å². The van der Waals surface area contributed by atoms with E-state index in [2.05, 4.69) is 0 Å². The fourth-order valence-electron chi connectivity index (χ4n) is 2.24. The van der Waals surface area contributed by atoms with Gasteiger partial charge in [0, 0.05) is 19.7 Å². The van der Waals surface area contributed by atoms with E-state index in [1.165, 1.54) is 6.07 Å². The van der Waals surface area contributed by atoms with Crippen molar-refractivity contribution < 1.29 is 13.5 Å². The lowest BCUT2D eigenvalue weighted by Crippen LogP contribution is -2.38. The summed E-state index contributed by atoms with van der Waals surface area (Å²) >= 11 is 0. The van der Waals surface area contributed by atoms with Crippen LogP contribution in [0.1, 0.15) is 26.7 Å². The van der Waals surface area contributed by atoms with Gasteiger partial charge in [-0.2, -0.15) is 0 Å². The number of nitrogens with zero attached hydrogens (tertiary/aromatic N) is 1. The van der Waals surface area contributed by atoms with Crippen LogP contribution in [0.4, 0.5) is 20.2 Å². The number of nitrogen functional groups attached to an aromatic ring is 1. The lowest BCUT2D eigenvalue weighted by atomic mass is 10.1. The molecule has 19 heavy (non-hydrogen) atoms. The fourth-order valence-corrected chi connectivity index (χ4v) is 2.24. The zero-order chi connectivity index (χ0) is 14.4. The van der Waals surface area contributed by atoms with Gasteiger partial charge in [-0.25, -0.2) is 8.78 Å². The third kappa shape index (κ3) is 3.56. The number of hydrogen-bond donors (Lipinski definition) is 1. The number of halogens is 2. The van der Waals surface area contributed by atoms with Crippen molar-refractivity contribution in [2.75, 3.05) is 30.9 Å². The maximum absolute atomic E-state index is 14.0. The second-order valence-corrected chi connectivity index (χ2v) is 4.46. The fraction of sp³-hybridized carbons (Fsp3) is 0.571. The highest BCUT2D eigenvalue weighted by Gasteiger charge is 2.23. The average molecular weight is 272 g/mol. The van der Waals surface area contributed by atoms with Crippen LogP contribution in [0.5, 0.6) is 0 Å². The van der Waals surface area contributed by atoms with E-state index in [-0.39, 0.29) is 17.4 Å². The molecule has 0 spiro atoms. The second kappa shape index (κ2) is 7.28. The number of hydrogen-bond acceptors (Lipinski definition) is 3. The van der Waals surface area contributed by atoms with Gasteiger partial charge in [0.2, 0.25) is 0 Å². The van der Waals surface area contributed by atoms with Gasteiger partial charge in [-0.3, -0.25) is 0 Å². The normalized spacial score (nSPS) is 11.1. The number of nitrogens with two attached hydrogens (primary N) is 1. The Morgan fingerprint density at radius 2 is 1.89 bits per heavy atom. The maximum Gasteiger partial charge on any atom is 0.184 e. The van der Waals surface area contributed by atoms with Crippen molar-refractivity contribution in [1.82, 2.24) is 0 Å². The molecule has 1 aromatic carbocycles. The Morgan fingerprint density at radius 1 is 1.26 bits per heavy atom. The summed E-state index contributed by atoms with van der Waals surface area (Å²) in [4.78, 5) is 1.80. The van der Waals surface area contributed by atoms with Crippen molar-refractivity contribution in [2.45, 2.75) is 32.7 Å². The van der Waals surface area contributed by atoms with Gasteiger partial charge >= 0.3 is 0 Å². The van der Waals surface area contributed by atoms with Crippen molar-refractivity contribution in [1.29, 1.82) is 0 Å². The van der Waals surface area contributed by atoms with Crippen LogP contribution in [0.15, 0.2) is 12.1 Å². The van der Waals surface area contributed by atoms with E-state index < -0.39 is 11.6 Å². The van der Waals surface area contributed by atoms with E-state index >= 15 is 0 Å². The standard InChI is InChI=1S/C14H22F2N2O/c1-4-10(5-2)18(8-9-19-3)14-12(17)7-6-11(15)13(14)16/h6-7,10H,4-5,8-9,17H2,1-3H3. The monoisotopic (exact) mass is 272 g/mol. The van der Waals surface area contributed by atoms with Crippen LogP contribution < -0.4 is 10.6 Å². The van der Waals surface area contributed by atoms with Crippen molar-refractivity contribution in [2.24, 2.45) is 0 Å². The topological polar surface area (TPSA) is 38.5 Å². The van der Waals surface area contributed by atoms with Crippen LogP contribution in [-0.4, -0.2) is 26.3 Å². The third-order valence-corrected chi connectivity index (χ3v) is 3.31. The summed E-state index contributed by atoms with van der Waals surface area (Å²) < 4.78 is 32.5. The number of methoxy groups -OCH3 is 1. The van der Waals surface area contributed by atoms with Gasteiger partial charge in [0.25, 0.3) is 0 Å². The molecule has 0 aliphatic carbocycles. The minimum atomic E-state index is -0.886. The van der Waals surface area contributed by atoms with Crippen LogP contribution >= 0.6 is 0 Å². The molecule has 0 heterocycles. The highest BCUT2D eigenvalue weighted by molar-refractivity contribution is 5.69. The maximum atomic E-state index is 14.0. The van der Waals surface area contributed by atoms with Gasteiger partial charge in [-0.15, -0.1) is 0 Å². The Morgan fingerprint density at radius 3 is 2.42 bits per heavy atom. The Labute approximate surface area is 113 Å². The van der Waals surface area contributed by atoms with Gasteiger partial charge in [0.15, 0.2) is 11.6 Å². The smallest absolute Gasteiger partial charge is 0.184 e. The van der Waals surface area contributed by atoms with Crippen molar-refractivity contribution in [3.8, 4) is 0 Å². The molecule has 3 nitrogen and oxygen atoms in total. The molecule has 108 valence electrons. The predicted molar refractivity (Wildman–Crippen MR) is 74.4 cm³/mol. The first-order valence-corrected chi connectivity index (χ1v) is 6.55. The summed E-state index contributed by atoms with van der Waals surface area (Å²) in [5, 5.41) is 0. The first-order chi connectivity index (χ1) is 9.06. The minimum Gasteiger partial charge on any atom is -0.397 e. The van der Waals surface area contributed by atoms with Crippen molar-refractivity contribution in [3.05, 3.63) is 23.8 Å². The summed E-state index contributed by atoms with van der Waals surface area (Å²) in [6.45, 7) is 4.95. The molecule has 0 aromatic heterocycles. The SMILES string of the molecule is CCC(CC)N(CCOC)c1c(N)ccc(F)c1F. The highest BCUT2D eigenvalue weighted by atomic mass is 19.2. The second-order valence-electron chi connectivity index (χ2n) is 4.46. The van der Waals surface area contributed by atoms with E-state index in [0.717, 1.165) is 18.9 Å². The van der Waals surface area contributed by atoms with Gasteiger partial charge in [0.1, 0.15) is 0 Å². The zero-order valence-corrected chi connectivity index (χ0v) is 11.7. The molecule has 0 bridgehead atoms. The largest absolute Gasteiger partial charge is 0.397 e. The lowest BCUT2D eigenvalue weighted by Gasteiger charge is -2.33. The number of benzene rings is 1. The quantitative estimate of drug-likeness (QED) is 0.775. The Bertz CT molecular complexity index is 409. The van der Waals surface area contributed by atoms with Crippen LogP contribution in [-0.2, 0) is 4.74 Å². The Balaban J connectivity index is 3.19. The average Bonchev–Trinajstić information content (AvgIpc) is 2.41. The van der Waals surface area contributed by atoms with Gasteiger partial charge in [-0.05, 0) is 25.0 Å². The minimum absolute atomic E-state index is 0.105. The Hall–Kier alpha value is -1.36. The molecular weight excluding hydrogens is 250 g/mol. The summed E-state index contributed by atoms with van der Waals surface area (Å²) in [5.74, 6) is -1.76. The van der Waals surface area contributed by atoms with Gasteiger partial charge < -0.3 is 15.4 Å². The molecule has 0 fully saturated rings. The molecule has 0 unspecified atom stereocenters. The van der Waals surface area contributed by atoms with E-state index in [0.29, 0.717) is 13.2 Å². The Kier molecular flexibility index (Phi) is 6.02. The highest BCUT2D eigenvalue weighted by Crippen LogP contribution is 2.31. The van der Waals surface area contributed by atoms with Crippen LogP contribution in [0, 0.1) is 11.6 Å². The molecule has 0 aliphatic rings. The van der Waals surface area contributed by atoms with Gasteiger partial charge in [-0.1, -0.05) is 13.8 Å². The molecule has 0 saturated heterocycles. The number of rotatable bonds is 7. The molecule has 0 saturated carbocycles. The van der Waals surface area contributed by atoms with E-state index in [1.54, 1.807) is 12.0 Å². The number of ether oxygens (including phenoxy) is 1. The number of anilines is 2. The molecule has 1 aromatic rings. The predicted octanol–water partition coefficient (Wildman–Crippen LogP) is 3.19. The summed E-state index contributed by atoms with van der Waals surface area (Å²) in [6.07, 6.45) is 1.66. The van der Waals surface area contributed by atoms with Crippen molar-refractivity contribution >= 4 is 11.4 Å². The van der Waals surface area contributed by atoms with Crippen molar-refractivity contribution in [3.63, 3.8) is 0 Å². The zero-order valence-electron chi connectivity index (χ0n) is 11.7. The van der Waals surface area contributed by atoms with E-state index in [4.69, 9.17) is 10.5 Å².